The summed E-state index contributed by atoms with van der Waals surface area (Å²) in [6.07, 6.45) is -0.684. The van der Waals surface area contributed by atoms with Crippen LogP contribution in [0.2, 0.25) is 0 Å². The normalized spacial score (nSPS) is 37.6. The van der Waals surface area contributed by atoms with Gasteiger partial charge in [-0.1, -0.05) is 71.8 Å². The number of aliphatic hydroxyl groups excluding tert-OH is 2. The molecule has 0 radical (unpaired) electrons. The topological polar surface area (TPSA) is 166 Å². The molecule has 8 atom stereocenters. The number of aliphatic hydroxyl groups is 3. The Balaban J connectivity index is 1.47. The molecular weight excluding hydrogens is 657 g/mol. The summed E-state index contributed by atoms with van der Waals surface area (Å²) in [5.74, 6) is -2.75. The molecule has 2 aromatic rings. The number of hydrogen-bond donors (Lipinski definition) is 5. The van der Waals surface area contributed by atoms with Crippen LogP contribution in [0.15, 0.2) is 60.3 Å². The van der Waals surface area contributed by atoms with Gasteiger partial charge in [0.05, 0.1) is 17.4 Å². The lowest BCUT2D eigenvalue weighted by Crippen LogP contribution is -2.73. The van der Waals surface area contributed by atoms with Crippen LogP contribution in [-0.2, 0) is 30.0 Å². The van der Waals surface area contributed by atoms with E-state index in [1.807, 2.05) is 44.4 Å². The van der Waals surface area contributed by atoms with Crippen LogP contribution >= 0.6 is 21.6 Å². The van der Waals surface area contributed by atoms with Crippen molar-refractivity contribution in [2.24, 2.45) is 5.92 Å². The maximum absolute atomic E-state index is 15.1. The largest absolute Gasteiger partial charge is 0.394 e. The zero-order valence-corrected chi connectivity index (χ0v) is 28.5. The number of likely N-dealkylation sites (N-methyl/N-ethyl adjacent to an activating group) is 2. The molecule has 6 aliphatic rings. The molecule has 2 aromatic carbocycles. The number of carbonyl (C=O) groups is 4. The molecule has 8 rings (SSSR count). The van der Waals surface area contributed by atoms with E-state index in [0.717, 1.165) is 9.80 Å². The zero-order chi connectivity index (χ0) is 34.3. The second kappa shape index (κ2) is 9.91. The Bertz CT molecular complexity index is 1860. The number of benzene rings is 2. The third-order valence-electron chi connectivity index (χ3n) is 11.5. The number of amides is 4. The fraction of sp³-hybridized carbons (Fsp3) is 0.455. The van der Waals surface area contributed by atoms with Crippen LogP contribution in [0, 0.1) is 5.92 Å². The van der Waals surface area contributed by atoms with Crippen molar-refractivity contribution in [3.8, 4) is 0 Å². The molecule has 13 nitrogen and oxygen atoms in total. The van der Waals surface area contributed by atoms with E-state index in [4.69, 9.17) is 0 Å². The molecule has 3 fully saturated rings. The number of hydrogen-bond acceptors (Lipinski definition) is 11. The predicted molar refractivity (Wildman–Crippen MR) is 179 cm³/mol. The van der Waals surface area contributed by atoms with E-state index in [9.17, 15) is 29.7 Å². The molecule has 6 heterocycles. The first-order valence-electron chi connectivity index (χ1n) is 15.7. The fourth-order valence-electron chi connectivity index (χ4n) is 9.48. The average molecular weight is 693 g/mol. The van der Waals surface area contributed by atoms with Gasteiger partial charge in [0.1, 0.15) is 30.2 Å². The molecule has 6 aliphatic heterocycles. The Morgan fingerprint density at radius 3 is 2.15 bits per heavy atom. The zero-order valence-electron chi connectivity index (χ0n) is 26.9. The van der Waals surface area contributed by atoms with Crippen molar-refractivity contribution < 1.29 is 34.5 Å². The fourth-order valence-corrected chi connectivity index (χ4v) is 12.2. The third kappa shape index (κ3) is 3.10. The highest BCUT2D eigenvalue weighted by Gasteiger charge is 2.85. The van der Waals surface area contributed by atoms with Crippen molar-refractivity contribution in [1.82, 2.24) is 19.6 Å². The molecule has 0 aliphatic carbocycles. The lowest BCUT2D eigenvalue weighted by Gasteiger charge is -2.52. The van der Waals surface area contributed by atoms with E-state index in [0.29, 0.717) is 22.5 Å². The van der Waals surface area contributed by atoms with Crippen LogP contribution < -0.4 is 10.6 Å². The smallest absolute Gasteiger partial charge is 0.279 e. The van der Waals surface area contributed by atoms with Gasteiger partial charge in [0.25, 0.3) is 29.4 Å². The summed E-state index contributed by atoms with van der Waals surface area (Å²) in [6.45, 7) is 3.09. The summed E-state index contributed by atoms with van der Waals surface area (Å²) < 4.78 is 0. The van der Waals surface area contributed by atoms with E-state index in [1.54, 1.807) is 37.4 Å². The summed E-state index contributed by atoms with van der Waals surface area (Å²) in [6, 6.07) is 13.1. The number of nitrogens with one attached hydrogen (secondary N) is 2. The van der Waals surface area contributed by atoms with Crippen molar-refractivity contribution in [2.45, 2.75) is 59.8 Å². The first kappa shape index (κ1) is 31.5. The van der Waals surface area contributed by atoms with Gasteiger partial charge < -0.3 is 35.8 Å². The second-order valence-electron chi connectivity index (χ2n) is 13.5. The summed E-state index contributed by atoms with van der Waals surface area (Å²) in [5, 5.41) is 42.5. The third-order valence-corrected chi connectivity index (χ3v) is 14.1. The van der Waals surface area contributed by atoms with E-state index in [1.165, 1.54) is 38.4 Å². The van der Waals surface area contributed by atoms with Gasteiger partial charge in [0.15, 0.2) is 4.87 Å². The highest BCUT2D eigenvalue weighted by atomic mass is 33.1. The molecule has 15 heteroatoms. The van der Waals surface area contributed by atoms with Crippen LogP contribution in [0.5, 0.6) is 0 Å². The Morgan fingerprint density at radius 2 is 1.52 bits per heavy atom. The number of carbonyl (C=O) groups excluding carboxylic acids is 4. The second-order valence-corrected chi connectivity index (χ2v) is 16.2. The SMILES string of the molecule is CSS[C@]1(C(C)C)C(=O)N2C(=C[C@]3([C@]45c6ccccc6N[C@H]4N4C(=O)[C@H](CO)N(C)C(=O)[C@@]4(O)[C@H]5O)c4ccccc4N[C@H]23)C(=O)N1C. The first-order chi connectivity index (χ1) is 22.8. The van der Waals surface area contributed by atoms with Crippen LogP contribution in [0.1, 0.15) is 25.0 Å². The van der Waals surface area contributed by atoms with Gasteiger partial charge in [0, 0.05) is 25.5 Å². The minimum absolute atomic E-state index is 0.0945. The molecule has 0 bridgehead atoms. The summed E-state index contributed by atoms with van der Waals surface area (Å²) in [4.78, 5) is 61.6. The van der Waals surface area contributed by atoms with Crippen LogP contribution in [-0.4, -0.2) is 121 Å². The van der Waals surface area contributed by atoms with Crippen molar-refractivity contribution in [3.63, 3.8) is 0 Å². The minimum atomic E-state index is -2.76. The van der Waals surface area contributed by atoms with E-state index < -0.39 is 70.2 Å². The minimum Gasteiger partial charge on any atom is -0.394 e. The van der Waals surface area contributed by atoms with E-state index >= 15 is 4.79 Å². The van der Waals surface area contributed by atoms with Gasteiger partial charge in [-0.25, -0.2) is 0 Å². The van der Waals surface area contributed by atoms with Gasteiger partial charge in [0.2, 0.25) is 0 Å². The maximum atomic E-state index is 15.1. The summed E-state index contributed by atoms with van der Waals surface area (Å²) in [7, 11) is 5.60. The lowest BCUT2D eigenvalue weighted by molar-refractivity contribution is -0.209. The number of anilines is 2. The van der Waals surface area contributed by atoms with Gasteiger partial charge in [-0.15, -0.1) is 0 Å². The van der Waals surface area contributed by atoms with Crippen LogP contribution in [0.25, 0.3) is 0 Å². The molecule has 5 N–H and O–H groups in total. The lowest BCUT2D eigenvalue weighted by atomic mass is 9.54. The Morgan fingerprint density at radius 1 is 0.917 bits per heavy atom. The molecule has 0 aromatic heterocycles. The molecule has 0 saturated carbocycles. The van der Waals surface area contributed by atoms with Gasteiger partial charge >= 0.3 is 0 Å². The van der Waals surface area contributed by atoms with E-state index in [-0.39, 0.29) is 17.5 Å². The Kier molecular flexibility index (Phi) is 6.50. The van der Waals surface area contributed by atoms with Crippen molar-refractivity contribution in [2.75, 3.05) is 37.6 Å². The molecule has 252 valence electrons. The number of fused-ring (bicyclic) bond motifs is 11. The summed E-state index contributed by atoms with van der Waals surface area (Å²) in [5.41, 5.74) is -3.65. The maximum Gasteiger partial charge on any atom is 0.279 e. The van der Waals surface area contributed by atoms with Crippen LogP contribution in [0.3, 0.4) is 0 Å². The van der Waals surface area contributed by atoms with Gasteiger partial charge in [-0.2, -0.15) is 0 Å². The predicted octanol–water partition coefficient (Wildman–Crippen LogP) is 0.652. The summed E-state index contributed by atoms with van der Waals surface area (Å²) >= 11 is 0. The number of para-hydroxylation sites is 2. The number of piperazine rings is 2. The highest BCUT2D eigenvalue weighted by molar-refractivity contribution is 8.77. The molecular formula is C33H36N6O7S2. The molecule has 48 heavy (non-hydrogen) atoms. The van der Waals surface area contributed by atoms with Crippen molar-refractivity contribution in [3.05, 3.63) is 71.4 Å². The average Bonchev–Trinajstić information content (AvgIpc) is 3.74. The van der Waals surface area contributed by atoms with E-state index in [2.05, 4.69) is 10.6 Å². The monoisotopic (exact) mass is 692 g/mol. The number of rotatable bonds is 5. The molecule has 0 spiro atoms. The first-order valence-corrected chi connectivity index (χ1v) is 18.3. The van der Waals surface area contributed by atoms with Crippen molar-refractivity contribution in [1.29, 1.82) is 0 Å². The quantitative estimate of drug-likeness (QED) is 0.280. The standard InChI is InChI=1S/C33H36N6O7S2/c1-16(2)33(48-47-5)29(45)38-21(23(41)37(33)4)14-30(17-10-6-8-12-19(17)34-26(30)38)31-18-11-7-9-13-20(18)35-27(31)39-24(42)22(15-40)36(3)28(44)32(39,46)25(31)43/h6-14,16,22,25-27,34-35,40,43,46H,15H2,1-5H3/t22-,25-,26+,27-,30-,31-,32-,33+/m0/s1. The Labute approximate surface area is 284 Å². The van der Waals surface area contributed by atoms with Crippen LogP contribution in [0.4, 0.5) is 11.4 Å². The van der Waals surface area contributed by atoms with Gasteiger partial charge in [-0.05, 0) is 41.5 Å². The highest BCUT2D eigenvalue weighted by Crippen LogP contribution is 2.70. The van der Waals surface area contributed by atoms with Gasteiger partial charge in [-0.3, -0.25) is 29.0 Å². The Hall–Kier alpha value is -3.76. The molecule has 0 unspecified atom stereocenters. The molecule has 4 amide bonds. The number of nitrogens with zero attached hydrogens (tertiary/aromatic N) is 4. The molecule has 3 saturated heterocycles. The van der Waals surface area contributed by atoms with Crippen molar-refractivity contribution >= 4 is 56.6 Å².